The number of aromatic nitrogens is 3. The Hall–Kier alpha value is -2.36. The monoisotopic (exact) mass is 225 g/mol. The van der Waals surface area contributed by atoms with Crippen molar-refractivity contribution in [3.63, 3.8) is 0 Å². The fraction of sp³-hybridized carbons (Fsp3) is 0.0769. The molecule has 0 aliphatic carbocycles. The van der Waals surface area contributed by atoms with E-state index in [1.807, 2.05) is 48.1 Å². The topological polar surface area (TPSA) is 39.3 Å². The van der Waals surface area contributed by atoms with Crippen molar-refractivity contribution in [3.8, 4) is 11.3 Å². The van der Waals surface area contributed by atoms with Crippen LogP contribution < -0.4 is 0 Å². The minimum atomic E-state index is 0.567. The van der Waals surface area contributed by atoms with E-state index in [4.69, 9.17) is 0 Å². The molecular formula is C13H11N3O. The molecule has 2 heterocycles. The van der Waals surface area contributed by atoms with Gasteiger partial charge in [0, 0.05) is 13.2 Å². The molecule has 0 spiro atoms. The Morgan fingerprint density at radius 1 is 1.24 bits per heavy atom. The van der Waals surface area contributed by atoms with E-state index in [0.717, 1.165) is 23.3 Å². The van der Waals surface area contributed by atoms with Crippen molar-refractivity contribution in [1.82, 2.24) is 14.0 Å². The van der Waals surface area contributed by atoms with Crippen LogP contribution in [0.2, 0.25) is 0 Å². The predicted octanol–water partition coefficient (Wildman–Crippen LogP) is 2.15. The van der Waals surface area contributed by atoms with Crippen LogP contribution in [0.25, 0.3) is 17.0 Å². The van der Waals surface area contributed by atoms with Crippen molar-refractivity contribution < 1.29 is 4.79 Å². The van der Waals surface area contributed by atoms with E-state index in [9.17, 15) is 4.79 Å². The summed E-state index contributed by atoms with van der Waals surface area (Å²) in [4.78, 5) is 15.1. The fourth-order valence-electron chi connectivity index (χ4n) is 2.03. The van der Waals surface area contributed by atoms with Gasteiger partial charge < -0.3 is 4.57 Å². The van der Waals surface area contributed by atoms with Crippen molar-refractivity contribution in [2.45, 2.75) is 0 Å². The second-order valence-corrected chi connectivity index (χ2v) is 3.91. The zero-order valence-electron chi connectivity index (χ0n) is 9.37. The SMILES string of the molecule is Cn1c(-c2ccccc2)cn2c(C=O)cnc12. The lowest BCUT2D eigenvalue weighted by molar-refractivity contribution is 0.111. The maximum absolute atomic E-state index is 10.9. The molecule has 0 fully saturated rings. The van der Waals surface area contributed by atoms with Crippen molar-refractivity contribution in [1.29, 1.82) is 0 Å². The van der Waals surface area contributed by atoms with E-state index >= 15 is 0 Å². The molecule has 0 saturated heterocycles. The molecule has 0 aliphatic heterocycles. The first-order chi connectivity index (χ1) is 8.31. The summed E-state index contributed by atoms with van der Waals surface area (Å²) in [6.07, 6.45) is 4.33. The van der Waals surface area contributed by atoms with Gasteiger partial charge in [-0.3, -0.25) is 9.20 Å². The van der Waals surface area contributed by atoms with Crippen LogP contribution in [0.4, 0.5) is 0 Å². The molecule has 4 heteroatoms. The number of carbonyl (C=O) groups excluding carboxylic acids is 1. The van der Waals surface area contributed by atoms with Gasteiger partial charge in [-0.1, -0.05) is 30.3 Å². The standard InChI is InChI=1S/C13H11N3O/c1-15-12(10-5-3-2-4-6-10)8-16-11(9-17)7-14-13(15)16/h2-9H,1H3. The molecule has 0 amide bonds. The number of imidazole rings is 2. The third-order valence-corrected chi connectivity index (χ3v) is 2.91. The molecule has 1 aromatic carbocycles. The van der Waals surface area contributed by atoms with Gasteiger partial charge in [0.1, 0.15) is 5.69 Å². The third kappa shape index (κ3) is 1.38. The summed E-state index contributed by atoms with van der Waals surface area (Å²) < 4.78 is 3.78. The molecule has 0 N–H and O–H groups in total. The summed E-state index contributed by atoms with van der Waals surface area (Å²) in [5.41, 5.74) is 2.71. The minimum Gasteiger partial charge on any atom is -0.313 e. The van der Waals surface area contributed by atoms with Crippen LogP contribution in [0.15, 0.2) is 42.7 Å². The molecule has 0 aliphatic rings. The summed E-state index contributed by atoms with van der Waals surface area (Å²) in [7, 11) is 1.94. The lowest BCUT2D eigenvalue weighted by Gasteiger charge is -2.01. The number of fused-ring (bicyclic) bond motifs is 1. The Morgan fingerprint density at radius 2 is 2.00 bits per heavy atom. The second kappa shape index (κ2) is 3.59. The number of rotatable bonds is 2. The largest absolute Gasteiger partial charge is 0.313 e. The molecular weight excluding hydrogens is 214 g/mol. The molecule has 3 aromatic rings. The van der Waals surface area contributed by atoms with Gasteiger partial charge in [-0.2, -0.15) is 0 Å². The van der Waals surface area contributed by atoms with Gasteiger partial charge in [0.15, 0.2) is 6.29 Å². The molecule has 17 heavy (non-hydrogen) atoms. The molecule has 3 rings (SSSR count). The van der Waals surface area contributed by atoms with Crippen LogP contribution >= 0.6 is 0 Å². The first kappa shape index (κ1) is 9.84. The van der Waals surface area contributed by atoms with Crippen LogP contribution in [-0.2, 0) is 7.05 Å². The predicted molar refractivity (Wildman–Crippen MR) is 65.0 cm³/mol. The van der Waals surface area contributed by atoms with Crippen molar-refractivity contribution in [3.05, 3.63) is 48.4 Å². The number of aldehydes is 1. The number of hydrogen-bond acceptors (Lipinski definition) is 2. The normalized spacial score (nSPS) is 10.9. The highest BCUT2D eigenvalue weighted by Gasteiger charge is 2.11. The van der Waals surface area contributed by atoms with Crippen LogP contribution in [0.5, 0.6) is 0 Å². The van der Waals surface area contributed by atoms with Gasteiger partial charge in [0.25, 0.3) is 0 Å². The summed E-state index contributed by atoms with van der Waals surface area (Å²) in [5, 5.41) is 0. The maximum Gasteiger partial charge on any atom is 0.214 e. The number of benzene rings is 1. The number of aryl methyl sites for hydroxylation is 1. The fourth-order valence-corrected chi connectivity index (χ4v) is 2.03. The van der Waals surface area contributed by atoms with E-state index in [-0.39, 0.29) is 0 Å². The molecule has 84 valence electrons. The summed E-state index contributed by atoms with van der Waals surface area (Å²) in [6.45, 7) is 0. The van der Waals surface area contributed by atoms with Gasteiger partial charge in [0.05, 0.1) is 11.9 Å². The zero-order valence-corrected chi connectivity index (χ0v) is 9.37. The van der Waals surface area contributed by atoms with Gasteiger partial charge in [-0.25, -0.2) is 4.98 Å². The smallest absolute Gasteiger partial charge is 0.214 e. The van der Waals surface area contributed by atoms with E-state index in [1.54, 1.807) is 10.6 Å². The maximum atomic E-state index is 10.9. The highest BCUT2D eigenvalue weighted by molar-refractivity contribution is 5.75. The van der Waals surface area contributed by atoms with E-state index in [0.29, 0.717) is 5.69 Å². The Morgan fingerprint density at radius 3 is 2.71 bits per heavy atom. The quantitative estimate of drug-likeness (QED) is 0.627. The molecule has 0 saturated carbocycles. The van der Waals surface area contributed by atoms with Crippen molar-refractivity contribution in [2.24, 2.45) is 7.05 Å². The molecule has 0 atom stereocenters. The molecule has 4 nitrogen and oxygen atoms in total. The Labute approximate surface area is 98.1 Å². The van der Waals surface area contributed by atoms with E-state index < -0.39 is 0 Å². The van der Waals surface area contributed by atoms with Crippen LogP contribution in [0.3, 0.4) is 0 Å². The first-order valence-electron chi connectivity index (χ1n) is 5.34. The van der Waals surface area contributed by atoms with Crippen LogP contribution in [-0.4, -0.2) is 20.2 Å². The summed E-state index contributed by atoms with van der Waals surface area (Å²) >= 11 is 0. The van der Waals surface area contributed by atoms with E-state index in [2.05, 4.69) is 4.98 Å². The molecule has 0 unspecified atom stereocenters. The lowest BCUT2D eigenvalue weighted by Crippen LogP contribution is -1.92. The first-order valence-corrected chi connectivity index (χ1v) is 5.34. The lowest BCUT2D eigenvalue weighted by atomic mass is 10.2. The van der Waals surface area contributed by atoms with Gasteiger partial charge >= 0.3 is 0 Å². The van der Waals surface area contributed by atoms with Gasteiger partial charge in [-0.15, -0.1) is 0 Å². The summed E-state index contributed by atoms with van der Waals surface area (Å²) in [5.74, 6) is 0.769. The Balaban J connectivity index is 2.28. The molecule has 2 aromatic heterocycles. The summed E-state index contributed by atoms with van der Waals surface area (Å²) in [6, 6.07) is 10.0. The van der Waals surface area contributed by atoms with Crippen LogP contribution in [0, 0.1) is 0 Å². The van der Waals surface area contributed by atoms with Crippen molar-refractivity contribution in [2.75, 3.05) is 0 Å². The number of hydrogen-bond donors (Lipinski definition) is 0. The number of nitrogens with zero attached hydrogens (tertiary/aromatic N) is 3. The van der Waals surface area contributed by atoms with E-state index in [1.165, 1.54) is 0 Å². The average Bonchev–Trinajstić information content (AvgIpc) is 2.91. The highest BCUT2D eigenvalue weighted by atomic mass is 16.1. The minimum absolute atomic E-state index is 0.567. The highest BCUT2D eigenvalue weighted by Crippen LogP contribution is 2.21. The average molecular weight is 225 g/mol. The second-order valence-electron chi connectivity index (χ2n) is 3.91. The Kier molecular flexibility index (Phi) is 2.08. The molecule has 0 bridgehead atoms. The molecule has 0 radical (unpaired) electrons. The number of carbonyl (C=O) groups is 1. The van der Waals surface area contributed by atoms with Gasteiger partial charge in [0.2, 0.25) is 5.78 Å². The van der Waals surface area contributed by atoms with Crippen molar-refractivity contribution >= 4 is 12.1 Å². The zero-order chi connectivity index (χ0) is 11.8. The third-order valence-electron chi connectivity index (χ3n) is 2.91. The van der Waals surface area contributed by atoms with Gasteiger partial charge in [-0.05, 0) is 5.56 Å². The van der Waals surface area contributed by atoms with Crippen LogP contribution in [0.1, 0.15) is 10.5 Å². The Bertz CT molecular complexity index is 679.